The highest BCUT2D eigenvalue weighted by molar-refractivity contribution is 5.92. The van der Waals surface area contributed by atoms with Crippen molar-refractivity contribution in [2.45, 2.75) is 32.6 Å². The average Bonchev–Trinajstić information content (AvgIpc) is 2.68. The minimum absolute atomic E-state index is 0.0571. The van der Waals surface area contributed by atoms with Crippen LogP contribution >= 0.6 is 0 Å². The van der Waals surface area contributed by atoms with Gasteiger partial charge in [0.15, 0.2) is 0 Å². The fourth-order valence-electron chi connectivity index (χ4n) is 3.04. The van der Waals surface area contributed by atoms with E-state index in [9.17, 15) is 13.6 Å². The highest BCUT2D eigenvalue weighted by Gasteiger charge is 2.16. The Kier molecular flexibility index (Phi) is 6.00. The molecule has 0 radical (unpaired) electrons. The van der Waals surface area contributed by atoms with Gasteiger partial charge in [0.1, 0.15) is 23.5 Å². The molecule has 0 aliphatic rings. The van der Waals surface area contributed by atoms with Crippen molar-refractivity contribution in [3.8, 4) is 11.8 Å². The second kappa shape index (κ2) is 8.62. The first kappa shape index (κ1) is 19.5. The molecule has 0 fully saturated rings. The van der Waals surface area contributed by atoms with Crippen molar-refractivity contribution in [2.75, 3.05) is 0 Å². The van der Waals surface area contributed by atoms with Gasteiger partial charge in [0.05, 0.1) is 11.1 Å². The van der Waals surface area contributed by atoms with Crippen molar-refractivity contribution in [3.63, 3.8) is 0 Å². The van der Waals surface area contributed by atoms with Gasteiger partial charge in [-0.3, -0.25) is 0 Å². The zero-order chi connectivity index (χ0) is 20.1. The minimum Gasteiger partial charge on any atom is -0.423 e. The average molecular weight is 379 g/mol. The van der Waals surface area contributed by atoms with Gasteiger partial charge in [0, 0.05) is 5.39 Å². The van der Waals surface area contributed by atoms with E-state index in [2.05, 4.69) is 6.92 Å². The lowest BCUT2D eigenvalue weighted by Crippen LogP contribution is -2.11. The Morgan fingerprint density at radius 3 is 2.61 bits per heavy atom. The molecule has 0 amide bonds. The Labute approximate surface area is 162 Å². The molecule has 5 heteroatoms. The second-order valence-corrected chi connectivity index (χ2v) is 6.58. The van der Waals surface area contributed by atoms with Crippen LogP contribution in [0.25, 0.3) is 10.8 Å². The Hall–Kier alpha value is -3.26. The van der Waals surface area contributed by atoms with Crippen LogP contribution in [0, 0.1) is 23.0 Å². The molecule has 3 rings (SSSR count). The first-order valence-corrected chi connectivity index (χ1v) is 9.16. The maximum atomic E-state index is 14.3. The number of esters is 1. The van der Waals surface area contributed by atoms with E-state index in [1.807, 2.05) is 0 Å². The summed E-state index contributed by atoms with van der Waals surface area (Å²) in [4.78, 5) is 12.3. The zero-order valence-corrected chi connectivity index (χ0v) is 15.5. The number of aryl methyl sites for hydroxylation is 1. The van der Waals surface area contributed by atoms with E-state index in [0.717, 1.165) is 31.2 Å². The maximum absolute atomic E-state index is 14.3. The number of benzene rings is 3. The number of carbonyl (C=O) groups is 1. The Balaban J connectivity index is 1.78. The summed E-state index contributed by atoms with van der Waals surface area (Å²) >= 11 is 0. The highest BCUT2D eigenvalue weighted by Crippen LogP contribution is 2.26. The molecule has 0 aromatic heterocycles. The van der Waals surface area contributed by atoms with E-state index < -0.39 is 17.6 Å². The van der Waals surface area contributed by atoms with Gasteiger partial charge >= 0.3 is 5.97 Å². The second-order valence-electron chi connectivity index (χ2n) is 6.58. The van der Waals surface area contributed by atoms with Crippen LogP contribution in [-0.4, -0.2) is 5.97 Å². The first-order chi connectivity index (χ1) is 13.5. The number of unbranched alkanes of at least 4 members (excludes halogenated alkanes) is 2. The van der Waals surface area contributed by atoms with E-state index in [-0.39, 0.29) is 22.3 Å². The zero-order valence-electron chi connectivity index (χ0n) is 15.5. The Morgan fingerprint density at radius 2 is 1.89 bits per heavy atom. The summed E-state index contributed by atoms with van der Waals surface area (Å²) in [7, 11) is 0. The molecule has 0 atom stereocenters. The van der Waals surface area contributed by atoms with Gasteiger partial charge in [0.25, 0.3) is 0 Å². The third-order valence-electron chi connectivity index (χ3n) is 4.58. The van der Waals surface area contributed by atoms with Crippen LogP contribution in [-0.2, 0) is 6.42 Å². The molecular formula is C23H19F2NO2. The molecule has 3 nitrogen and oxygen atoms in total. The first-order valence-electron chi connectivity index (χ1n) is 9.16. The third-order valence-corrected chi connectivity index (χ3v) is 4.58. The van der Waals surface area contributed by atoms with Crippen LogP contribution in [0.1, 0.15) is 47.7 Å². The van der Waals surface area contributed by atoms with Crippen molar-refractivity contribution in [1.29, 1.82) is 5.26 Å². The van der Waals surface area contributed by atoms with E-state index in [1.165, 1.54) is 36.4 Å². The topological polar surface area (TPSA) is 50.1 Å². The van der Waals surface area contributed by atoms with E-state index in [4.69, 9.17) is 10.00 Å². The van der Waals surface area contributed by atoms with Crippen LogP contribution in [0.2, 0.25) is 0 Å². The fraction of sp³-hybridized carbons (Fsp3) is 0.217. The summed E-state index contributed by atoms with van der Waals surface area (Å²) < 4.78 is 33.7. The lowest BCUT2D eigenvalue weighted by atomic mass is 10.0. The summed E-state index contributed by atoms with van der Waals surface area (Å²) in [6, 6.07) is 13.6. The summed E-state index contributed by atoms with van der Waals surface area (Å²) in [5.41, 5.74) is 0.640. The molecule has 0 N–H and O–H groups in total. The molecule has 0 heterocycles. The molecule has 142 valence electrons. The molecule has 0 unspecified atom stereocenters. The predicted molar refractivity (Wildman–Crippen MR) is 103 cm³/mol. The number of hydrogen-bond donors (Lipinski definition) is 0. The largest absolute Gasteiger partial charge is 0.423 e. The summed E-state index contributed by atoms with van der Waals surface area (Å²) in [6.07, 6.45) is 3.89. The Morgan fingerprint density at radius 1 is 1.07 bits per heavy atom. The number of fused-ring (bicyclic) bond motifs is 1. The fourth-order valence-corrected chi connectivity index (χ4v) is 3.04. The number of halogens is 2. The van der Waals surface area contributed by atoms with Crippen LogP contribution < -0.4 is 4.74 Å². The number of carbonyl (C=O) groups excluding carboxylic acids is 1. The van der Waals surface area contributed by atoms with Crippen molar-refractivity contribution < 1.29 is 18.3 Å². The van der Waals surface area contributed by atoms with Crippen LogP contribution in [0.5, 0.6) is 5.75 Å². The number of nitrogens with zero attached hydrogens (tertiary/aromatic N) is 1. The van der Waals surface area contributed by atoms with E-state index in [1.54, 1.807) is 18.2 Å². The maximum Gasteiger partial charge on any atom is 0.346 e. The van der Waals surface area contributed by atoms with Crippen LogP contribution in [0.4, 0.5) is 8.78 Å². The molecular weight excluding hydrogens is 360 g/mol. The molecule has 3 aromatic rings. The number of rotatable bonds is 6. The summed E-state index contributed by atoms with van der Waals surface area (Å²) in [5, 5.41) is 9.62. The quantitative estimate of drug-likeness (QED) is 0.302. The minimum atomic E-state index is -0.814. The third kappa shape index (κ3) is 4.17. The summed E-state index contributed by atoms with van der Waals surface area (Å²) in [5.74, 6) is -1.88. The van der Waals surface area contributed by atoms with Crippen molar-refractivity contribution in [2.24, 2.45) is 0 Å². The molecule has 0 spiro atoms. The standard InChI is InChI=1S/C23H19F2NO2/c1-2-3-4-5-15-6-10-20(21(24)12-15)23(27)28-18-9-11-19-16(13-18)7-8-17(14-26)22(19)25/h6-13H,2-5H2,1H3. The van der Waals surface area contributed by atoms with Crippen LogP contribution in [0.15, 0.2) is 48.5 Å². The lowest BCUT2D eigenvalue weighted by Gasteiger charge is -2.08. The number of nitriles is 1. The van der Waals surface area contributed by atoms with Gasteiger partial charge in [0.2, 0.25) is 0 Å². The molecule has 0 saturated heterocycles. The van der Waals surface area contributed by atoms with Gasteiger partial charge in [-0.2, -0.15) is 5.26 Å². The van der Waals surface area contributed by atoms with Crippen molar-refractivity contribution in [1.82, 2.24) is 0 Å². The van der Waals surface area contributed by atoms with Gasteiger partial charge in [-0.05, 0) is 60.2 Å². The van der Waals surface area contributed by atoms with Crippen molar-refractivity contribution >= 4 is 16.7 Å². The molecule has 3 aromatic carbocycles. The van der Waals surface area contributed by atoms with E-state index in [0.29, 0.717) is 5.39 Å². The number of ether oxygens (including phenoxy) is 1. The van der Waals surface area contributed by atoms with Gasteiger partial charge in [-0.25, -0.2) is 13.6 Å². The van der Waals surface area contributed by atoms with Gasteiger partial charge in [-0.1, -0.05) is 31.9 Å². The molecule has 28 heavy (non-hydrogen) atoms. The lowest BCUT2D eigenvalue weighted by molar-refractivity contribution is 0.0730. The molecule has 0 aliphatic heterocycles. The normalized spacial score (nSPS) is 10.6. The van der Waals surface area contributed by atoms with Gasteiger partial charge in [-0.15, -0.1) is 0 Å². The van der Waals surface area contributed by atoms with E-state index >= 15 is 0 Å². The smallest absolute Gasteiger partial charge is 0.346 e. The highest BCUT2D eigenvalue weighted by atomic mass is 19.1. The number of hydrogen-bond acceptors (Lipinski definition) is 3. The molecule has 0 aliphatic carbocycles. The SMILES string of the molecule is CCCCCc1ccc(C(=O)Oc2ccc3c(F)c(C#N)ccc3c2)c(F)c1. The molecule has 0 bridgehead atoms. The summed E-state index contributed by atoms with van der Waals surface area (Å²) in [6.45, 7) is 2.10. The monoisotopic (exact) mass is 379 g/mol. The van der Waals surface area contributed by atoms with Crippen molar-refractivity contribution in [3.05, 3.63) is 76.9 Å². The Bertz CT molecular complexity index is 1070. The molecule has 0 saturated carbocycles. The van der Waals surface area contributed by atoms with Gasteiger partial charge < -0.3 is 4.74 Å². The van der Waals surface area contributed by atoms with Crippen LogP contribution in [0.3, 0.4) is 0 Å². The predicted octanol–water partition coefficient (Wildman–Crippen LogP) is 5.94.